The SMILES string of the molecule is C#CCOc1c(I)cc(/C=c2\sc3n(c2=O)[C@H](c2ccc(OC(C)C)c(OC)c2)C(C(=O)OCC)=C(C)N=3)cc1OC. The molecule has 0 radical (unpaired) electrons. The van der Waals surface area contributed by atoms with Gasteiger partial charge in [-0.25, -0.2) is 9.79 Å². The molecule has 3 aromatic rings. The van der Waals surface area contributed by atoms with Crippen molar-refractivity contribution in [3.63, 3.8) is 0 Å². The maximum Gasteiger partial charge on any atom is 0.338 e. The lowest BCUT2D eigenvalue weighted by atomic mass is 9.95. The van der Waals surface area contributed by atoms with E-state index < -0.39 is 12.0 Å². The average molecular weight is 703 g/mol. The highest BCUT2D eigenvalue weighted by molar-refractivity contribution is 14.1. The molecule has 0 aliphatic carbocycles. The molecule has 0 N–H and O–H groups in total. The van der Waals surface area contributed by atoms with Gasteiger partial charge in [0, 0.05) is 0 Å². The summed E-state index contributed by atoms with van der Waals surface area (Å²) in [7, 11) is 3.08. The number of allylic oxidation sites excluding steroid dienone is 1. The number of esters is 1. The predicted octanol–water partition coefficient (Wildman–Crippen LogP) is 4.22. The predicted molar refractivity (Wildman–Crippen MR) is 169 cm³/mol. The summed E-state index contributed by atoms with van der Waals surface area (Å²) < 4.78 is 30.8. The molecule has 1 atom stereocenters. The van der Waals surface area contributed by atoms with Gasteiger partial charge in [0.15, 0.2) is 27.8 Å². The minimum Gasteiger partial charge on any atom is -0.493 e. The summed E-state index contributed by atoms with van der Waals surface area (Å²) in [4.78, 5) is 32.4. The number of carbonyl (C=O) groups is 1. The third-order valence-electron chi connectivity index (χ3n) is 6.23. The third-order valence-corrected chi connectivity index (χ3v) is 8.02. The maximum atomic E-state index is 14.0. The first-order valence-corrected chi connectivity index (χ1v) is 15.0. The van der Waals surface area contributed by atoms with E-state index in [1.165, 1.54) is 23.0 Å². The Morgan fingerprint density at radius 3 is 2.57 bits per heavy atom. The molecule has 9 nitrogen and oxygen atoms in total. The summed E-state index contributed by atoms with van der Waals surface area (Å²) in [5.41, 5.74) is 1.82. The first-order chi connectivity index (χ1) is 20.1. The highest BCUT2D eigenvalue weighted by atomic mass is 127. The van der Waals surface area contributed by atoms with Crippen LogP contribution in [0, 0.1) is 15.9 Å². The van der Waals surface area contributed by atoms with Crippen molar-refractivity contribution >= 4 is 46.0 Å². The van der Waals surface area contributed by atoms with Crippen LogP contribution in [0.3, 0.4) is 0 Å². The van der Waals surface area contributed by atoms with E-state index in [1.807, 2.05) is 26.0 Å². The van der Waals surface area contributed by atoms with E-state index in [1.54, 1.807) is 45.2 Å². The molecule has 2 heterocycles. The molecule has 0 saturated carbocycles. The van der Waals surface area contributed by atoms with E-state index >= 15 is 0 Å². The number of ether oxygens (including phenoxy) is 5. The second-order valence-corrected chi connectivity index (χ2v) is 11.6. The monoisotopic (exact) mass is 702 g/mol. The van der Waals surface area contributed by atoms with E-state index in [4.69, 9.17) is 30.1 Å². The quantitative estimate of drug-likeness (QED) is 0.178. The van der Waals surface area contributed by atoms with Crippen molar-refractivity contribution in [3.8, 4) is 35.3 Å². The molecule has 1 aliphatic rings. The number of hydrogen-bond acceptors (Lipinski definition) is 9. The largest absolute Gasteiger partial charge is 0.493 e. The van der Waals surface area contributed by atoms with Crippen molar-refractivity contribution in [1.82, 2.24) is 4.57 Å². The van der Waals surface area contributed by atoms with E-state index in [9.17, 15) is 9.59 Å². The Balaban J connectivity index is 1.92. The number of fused-ring (bicyclic) bond motifs is 1. The standard InChI is InChI=1S/C31H31IN2O7S/c1-8-12-40-28-21(32)13-19(14-24(28)38-7)15-25-29(35)34-27(20-10-11-22(41-17(3)4)23(16-20)37-6)26(30(36)39-9-2)18(5)33-31(34)42-25/h1,10-11,13-17,27H,9,12H2,2-7H3/b25-15-/t27-/m1/s1. The highest BCUT2D eigenvalue weighted by Crippen LogP contribution is 2.37. The molecule has 0 amide bonds. The molecule has 4 rings (SSSR count). The third kappa shape index (κ3) is 6.34. The Labute approximate surface area is 261 Å². The van der Waals surface area contributed by atoms with Gasteiger partial charge in [-0.15, -0.1) is 6.42 Å². The van der Waals surface area contributed by atoms with Crippen LogP contribution >= 0.6 is 33.9 Å². The zero-order valence-electron chi connectivity index (χ0n) is 24.1. The molecule has 1 aliphatic heterocycles. The van der Waals surface area contributed by atoms with Gasteiger partial charge >= 0.3 is 5.97 Å². The van der Waals surface area contributed by atoms with Crippen LogP contribution < -0.4 is 33.8 Å². The molecule has 42 heavy (non-hydrogen) atoms. The summed E-state index contributed by atoms with van der Waals surface area (Å²) in [6.07, 6.45) is 7.04. The fraction of sp³-hybridized carbons (Fsp3) is 0.323. The Morgan fingerprint density at radius 2 is 1.93 bits per heavy atom. The number of carbonyl (C=O) groups excluding carboxylic acids is 1. The smallest absolute Gasteiger partial charge is 0.338 e. The normalized spacial score (nSPS) is 14.6. The van der Waals surface area contributed by atoms with Gasteiger partial charge in [-0.3, -0.25) is 9.36 Å². The number of rotatable bonds is 10. The van der Waals surface area contributed by atoms with Crippen molar-refractivity contribution in [1.29, 1.82) is 0 Å². The van der Waals surface area contributed by atoms with Crippen molar-refractivity contribution in [2.45, 2.75) is 39.8 Å². The highest BCUT2D eigenvalue weighted by Gasteiger charge is 2.34. The fourth-order valence-corrected chi connectivity index (χ4v) is 6.37. The Kier molecular flexibility index (Phi) is 10.0. The van der Waals surface area contributed by atoms with Crippen LogP contribution in [-0.4, -0.2) is 44.1 Å². The van der Waals surface area contributed by atoms with Crippen molar-refractivity contribution in [2.24, 2.45) is 4.99 Å². The molecule has 11 heteroatoms. The van der Waals surface area contributed by atoms with Crippen LogP contribution in [0.4, 0.5) is 0 Å². The van der Waals surface area contributed by atoms with Gasteiger partial charge in [0.2, 0.25) is 0 Å². The molecule has 0 saturated heterocycles. The topological polar surface area (TPSA) is 97.6 Å². The first-order valence-electron chi connectivity index (χ1n) is 13.1. The number of terminal acetylenes is 1. The van der Waals surface area contributed by atoms with Gasteiger partial charge in [-0.05, 0) is 91.8 Å². The molecule has 2 aromatic carbocycles. The second-order valence-electron chi connectivity index (χ2n) is 9.41. The van der Waals surface area contributed by atoms with Gasteiger partial charge in [-0.2, -0.15) is 0 Å². The van der Waals surface area contributed by atoms with Crippen molar-refractivity contribution < 1.29 is 28.5 Å². The number of thiazole rings is 1. The Bertz CT molecular complexity index is 1760. The summed E-state index contributed by atoms with van der Waals surface area (Å²) >= 11 is 3.37. The van der Waals surface area contributed by atoms with Gasteiger partial charge in [-0.1, -0.05) is 23.3 Å². The van der Waals surface area contributed by atoms with Crippen LogP contribution in [0.15, 0.2) is 51.4 Å². The first kappa shape index (κ1) is 31.2. The van der Waals surface area contributed by atoms with Crippen molar-refractivity contribution in [2.75, 3.05) is 27.4 Å². The number of methoxy groups -OCH3 is 2. The zero-order valence-corrected chi connectivity index (χ0v) is 27.1. The summed E-state index contributed by atoms with van der Waals surface area (Å²) in [5.74, 6) is 3.97. The maximum absolute atomic E-state index is 14.0. The van der Waals surface area contributed by atoms with Crippen LogP contribution in [0.2, 0.25) is 0 Å². The average Bonchev–Trinajstić information content (AvgIpc) is 3.25. The van der Waals surface area contributed by atoms with Gasteiger partial charge in [0.1, 0.15) is 6.61 Å². The summed E-state index contributed by atoms with van der Waals surface area (Å²) in [6, 6.07) is 8.23. The summed E-state index contributed by atoms with van der Waals surface area (Å²) in [5, 5.41) is 0. The Morgan fingerprint density at radius 1 is 1.19 bits per heavy atom. The van der Waals surface area contributed by atoms with Crippen LogP contribution in [0.1, 0.15) is 44.9 Å². The van der Waals surface area contributed by atoms with Crippen LogP contribution in [0.25, 0.3) is 6.08 Å². The molecule has 0 unspecified atom stereocenters. The Hall–Kier alpha value is -3.76. The number of nitrogens with zero attached hydrogens (tertiary/aromatic N) is 2. The summed E-state index contributed by atoms with van der Waals surface area (Å²) in [6.45, 7) is 7.60. The van der Waals surface area contributed by atoms with Gasteiger partial charge in [0.05, 0.1) is 52.3 Å². The molecule has 0 fully saturated rings. The molecule has 0 bridgehead atoms. The molecular weight excluding hydrogens is 671 g/mol. The van der Waals surface area contributed by atoms with E-state index in [-0.39, 0.29) is 30.5 Å². The zero-order chi connectivity index (χ0) is 30.6. The fourth-order valence-electron chi connectivity index (χ4n) is 4.54. The molecule has 1 aromatic heterocycles. The van der Waals surface area contributed by atoms with Crippen LogP contribution in [0.5, 0.6) is 23.0 Å². The lowest BCUT2D eigenvalue weighted by molar-refractivity contribution is -0.139. The molecule has 220 valence electrons. The molecular formula is C31H31IN2O7S. The van der Waals surface area contributed by atoms with E-state index in [2.05, 4.69) is 33.5 Å². The van der Waals surface area contributed by atoms with E-state index in [0.717, 1.165) is 9.13 Å². The minimum absolute atomic E-state index is 0.0701. The number of benzene rings is 2. The van der Waals surface area contributed by atoms with Crippen LogP contribution in [-0.2, 0) is 9.53 Å². The number of aromatic nitrogens is 1. The second kappa shape index (κ2) is 13.5. The lowest BCUT2D eigenvalue weighted by Crippen LogP contribution is -2.40. The molecule has 0 spiro atoms. The number of hydrogen-bond donors (Lipinski definition) is 0. The van der Waals surface area contributed by atoms with Gasteiger partial charge in [0.25, 0.3) is 5.56 Å². The van der Waals surface area contributed by atoms with Gasteiger partial charge < -0.3 is 23.7 Å². The van der Waals surface area contributed by atoms with Crippen molar-refractivity contribution in [3.05, 3.63) is 76.0 Å². The number of halogens is 1. The lowest BCUT2D eigenvalue weighted by Gasteiger charge is -2.25. The van der Waals surface area contributed by atoms with E-state index in [0.29, 0.717) is 43.6 Å². The minimum atomic E-state index is -0.793.